The number of ether oxygens (including phenoxy) is 1. The quantitative estimate of drug-likeness (QED) is 0.909. The van der Waals surface area contributed by atoms with E-state index in [0.717, 1.165) is 34.7 Å². The predicted octanol–water partition coefficient (Wildman–Crippen LogP) is 1.99. The van der Waals surface area contributed by atoms with Crippen LogP contribution < -0.4 is 4.90 Å². The molecule has 1 fully saturated rings. The number of rotatable bonds is 4. The van der Waals surface area contributed by atoms with Gasteiger partial charge in [0.05, 0.1) is 18.1 Å². The standard InChI is InChI=1S/C20H23NO3S/c1-16-3-7-18(8-4-16)20(15-21-11-13-24-14-12-21)25(22,23)19-9-5-17(2)6-10-19/h3-10,15H,11-14H2,1-2H3/p+1/b20-15+. The molecule has 132 valence electrons. The highest BCUT2D eigenvalue weighted by molar-refractivity contribution is 8.00. The van der Waals surface area contributed by atoms with Crippen molar-refractivity contribution in [1.82, 2.24) is 0 Å². The molecule has 0 radical (unpaired) electrons. The molecule has 4 nitrogen and oxygen atoms in total. The Morgan fingerprint density at radius 2 is 1.44 bits per heavy atom. The van der Waals surface area contributed by atoms with Gasteiger partial charge < -0.3 is 9.64 Å². The van der Waals surface area contributed by atoms with Crippen LogP contribution in [0.2, 0.25) is 0 Å². The Kier molecular flexibility index (Phi) is 5.37. The summed E-state index contributed by atoms with van der Waals surface area (Å²) in [4.78, 5) is 1.82. The molecule has 0 bridgehead atoms. The lowest BCUT2D eigenvalue weighted by Crippen LogP contribution is -3.09. The molecule has 2 aromatic carbocycles. The van der Waals surface area contributed by atoms with Crippen molar-refractivity contribution in [2.75, 3.05) is 26.3 Å². The maximum Gasteiger partial charge on any atom is 0.212 e. The van der Waals surface area contributed by atoms with Crippen LogP contribution in [0, 0.1) is 13.8 Å². The van der Waals surface area contributed by atoms with E-state index < -0.39 is 9.84 Å². The van der Waals surface area contributed by atoms with Crippen LogP contribution in [-0.4, -0.2) is 34.7 Å². The molecule has 0 spiro atoms. The van der Waals surface area contributed by atoms with Crippen LogP contribution in [-0.2, 0) is 14.6 Å². The number of sulfone groups is 1. The Morgan fingerprint density at radius 3 is 2.00 bits per heavy atom. The van der Waals surface area contributed by atoms with Gasteiger partial charge in [-0.2, -0.15) is 0 Å². The lowest BCUT2D eigenvalue weighted by molar-refractivity contribution is -0.855. The summed E-state index contributed by atoms with van der Waals surface area (Å²) in [6.45, 7) is 6.80. The highest BCUT2D eigenvalue weighted by Crippen LogP contribution is 2.27. The van der Waals surface area contributed by atoms with Crippen LogP contribution in [0.15, 0.2) is 59.6 Å². The molecule has 0 unspecified atom stereocenters. The predicted molar refractivity (Wildman–Crippen MR) is 99.0 cm³/mol. The number of aryl methyl sites for hydroxylation is 2. The van der Waals surface area contributed by atoms with E-state index in [1.165, 1.54) is 0 Å². The van der Waals surface area contributed by atoms with Crippen molar-refractivity contribution < 1.29 is 18.1 Å². The van der Waals surface area contributed by atoms with Crippen molar-refractivity contribution in [3.05, 3.63) is 71.4 Å². The number of hydrogen-bond donors (Lipinski definition) is 1. The Labute approximate surface area is 149 Å². The normalized spacial score (nSPS) is 16.8. The Morgan fingerprint density at radius 1 is 0.920 bits per heavy atom. The van der Waals surface area contributed by atoms with Crippen LogP contribution >= 0.6 is 0 Å². The van der Waals surface area contributed by atoms with Crippen molar-refractivity contribution in [2.24, 2.45) is 0 Å². The molecule has 25 heavy (non-hydrogen) atoms. The summed E-state index contributed by atoms with van der Waals surface area (Å²) in [5.74, 6) is 0. The molecule has 1 aliphatic heterocycles. The Hall–Kier alpha value is -1.95. The second-order valence-corrected chi connectivity index (χ2v) is 8.38. The zero-order chi connectivity index (χ0) is 17.9. The first kappa shape index (κ1) is 17.9. The van der Waals surface area contributed by atoms with E-state index in [2.05, 4.69) is 0 Å². The van der Waals surface area contributed by atoms with Crippen molar-refractivity contribution in [3.63, 3.8) is 0 Å². The Balaban J connectivity index is 2.07. The topological polar surface area (TPSA) is 47.8 Å². The van der Waals surface area contributed by atoms with Gasteiger partial charge in [-0.1, -0.05) is 47.5 Å². The van der Waals surface area contributed by atoms with Gasteiger partial charge in [0.25, 0.3) is 0 Å². The van der Waals surface area contributed by atoms with Gasteiger partial charge in [-0.25, -0.2) is 8.42 Å². The van der Waals surface area contributed by atoms with E-state index in [-0.39, 0.29) is 0 Å². The minimum absolute atomic E-state index is 0.331. The maximum absolute atomic E-state index is 13.3. The average Bonchev–Trinajstić information content (AvgIpc) is 2.62. The molecule has 3 rings (SSSR count). The molecule has 1 N–H and O–H groups in total. The van der Waals surface area contributed by atoms with Gasteiger partial charge in [-0.05, 0) is 31.5 Å². The molecule has 1 saturated heterocycles. The summed E-state index contributed by atoms with van der Waals surface area (Å²) in [6, 6.07) is 14.7. The van der Waals surface area contributed by atoms with Crippen molar-refractivity contribution >= 4 is 14.7 Å². The fourth-order valence-electron chi connectivity index (χ4n) is 2.84. The van der Waals surface area contributed by atoms with Crippen LogP contribution in [0.4, 0.5) is 0 Å². The zero-order valence-electron chi connectivity index (χ0n) is 14.7. The SMILES string of the molecule is Cc1ccc(/C(=C\[NH+]2CCOCC2)S(=O)(=O)c2ccc(C)cc2)cc1. The van der Waals surface area contributed by atoms with Gasteiger partial charge in [0.1, 0.15) is 24.2 Å². The molecule has 2 aromatic rings. The number of morpholine rings is 1. The van der Waals surface area contributed by atoms with Crippen LogP contribution in [0.1, 0.15) is 16.7 Å². The van der Waals surface area contributed by atoms with Crippen LogP contribution in [0.25, 0.3) is 4.91 Å². The summed E-state index contributed by atoms with van der Waals surface area (Å²) in [5, 5.41) is 0. The number of quaternary nitrogens is 1. The van der Waals surface area contributed by atoms with E-state index in [1.807, 2.05) is 56.4 Å². The minimum Gasteiger partial charge on any atom is -0.370 e. The lowest BCUT2D eigenvalue weighted by Gasteiger charge is -2.21. The number of benzene rings is 2. The molecule has 0 atom stereocenters. The first-order valence-corrected chi connectivity index (χ1v) is 9.98. The summed E-state index contributed by atoms with van der Waals surface area (Å²) < 4.78 is 32.0. The van der Waals surface area contributed by atoms with Gasteiger partial charge in [0.2, 0.25) is 9.84 Å². The summed E-state index contributed by atoms with van der Waals surface area (Å²) in [6.07, 6.45) is 1.85. The van der Waals surface area contributed by atoms with E-state index in [4.69, 9.17) is 4.74 Å². The first-order valence-electron chi connectivity index (χ1n) is 8.50. The summed E-state index contributed by atoms with van der Waals surface area (Å²) in [5.41, 5.74) is 2.87. The average molecular weight is 358 g/mol. The van der Waals surface area contributed by atoms with Crippen molar-refractivity contribution in [2.45, 2.75) is 18.7 Å². The molecule has 0 aliphatic carbocycles. The van der Waals surface area contributed by atoms with Gasteiger partial charge in [0, 0.05) is 0 Å². The molecule has 1 aliphatic rings. The zero-order valence-corrected chi connectivity index (χ0v) is 15.5. The second-order valence-electron chi connectivity index (χ2n) is 6.46. The molecular formula is C20H24NO3S+. The summed E-state index contributed by atoms with van der Waals surface area (Å²) in [7, 11) is -3.58. The number of nitrogens with one attached hydrogen (secondary N) is 1. The first-order chi connectivity index (χ1) is 12.0. The molecule has 0 amide bonds. The number of hydrogen-bond acceptors (Lipinski definition) is 3. The van der Waals surface area contributed by atoms with Crippen LogP contribution in [0.3, 0.4) is 0 Å². The fourth-order valence-corrected chi connectivity index (χ4v) is 4.36. The molecule has 1 heterocycles. The van der Waals surface area contributed by atoms with Crippen molar-refractivity contribution in [3.8, 4) is 0 Å². The van der Waals surface area contributed by atoms with E-state index in [9.17, 15) is 8.42 Å². The van der Waals surface area contributed by atoms with E-state index >= 15 is 0 Å². The highest BCUT2D eigenvalue weighted by Gasteiger charge is 2.26. The van der Waals surface area contributed by atoms with Gasteiger partial charge in [0.15, 0.2) is 0 Å². The lowest BCUT2D eigenvalue weighted by atomic mass is 10.1. The molecule has 5 heteroatoms. The van der Waals surface area contributed by atoms with Gasteiger partial charge >= 0.3 is 0 Å². The molecule has 0 aromatic heterocycles. The molecule has 0 saturated carbocycles. The van der Waals surface area contributed by atoms with Gasteiger partial charge in [-0.3, -0.25) is 0 Å². The van der Waals surface area contributed by atoms with Crippen LogP contribution in [0.5, 0.6) is 0 Å². The second kappa shape index (κ2) is 7.52. The third kappa shape index (κ3) is 4.18. The van der Waals surface area contributed by atoms with Crippen molar-refractivity contribution in [1.29, 1.82) is 0 Å². The largest absolute Gasteiger partial charge is 0.370 e. The smallest absolute Gasteiger partial charge is 0.212 e. The third-order valence-corrected chi connectivity index (χ3v) is 6.25. The maximum atomic E-state index is 13.3. The minimum atomic E-state index is -3.58. The summed E-state index contributed by atoms with van der Waals surface area (Å²) >= 11 is 0. The fraction of sp³-hybridized carbons (Fsp3) is 0.300. The van der Waals surface area contributed by atoms with E-state index in [0.29, 0.717) is 23.0 Å². The monoisotopic (exact) mass is 358 g/mol. The molecular weight excluding hydrogens is 334 g/mol. The highest BCUT2D eigenvalue weighted by atomic mass is 32.2. The Bertz CT molecular complexity index is 847. The van der Waals surface area contributed by atoms with E-state index in [1.54, 1.807) is 12.1 Å². The third-order valence-electron chi connectivity index (χ3n) is 4.43. The van der Waals surface area contributed by atoms with Gasteiger partial charge in [-0.15, -0.1) is 0 Å².